The highest BCUT2D eigenvalue weighted by molar-refractivity contribution is 6.09. The van der Waals surface area contributed by atoms with Gasteiger partial charge in [-0.05, 0) is 12.8 Å². The van der Waals surface area contributed by atoms with Crippen LogP contribution in [0.2, 0.25) is 0 Å². The summed E-state index contributed by atoms with van der Waals surface area (Å²) in [6.45, 7) is 1.94. The van der Waals surface area contributed by atoms with Gasteiger partial charge < -0.3 is 0 Å². The molecular weight excluding hydrogens is 188 g/mol. The first-order valence-electron chi connectivity index (χ1n) is 5.36. The lowest BCUT2D eigenvalue weighted by atomic mass is 9.86. The molecule has 78 valence electrons. The van der Waals surface area contributed by atoms with Gasteiger partial charge in [0, 0.05) is 23.5 Å². The molecule has 0 saturated heterocycles. The van der Waals surface area contributed by atoms with Gasteiger partial charge in [0.2, 0.25) is 0 Å². The number of hydrogen-bond donors (Lipinski definition) is 0. The van der Waals surface area contributed by atoms with Crippen LogP contribution in [0.4, 0.5) is 0 Å². The van der Waals surface area contributed by atoms with Crippen molar-refractivity contribution in [2.75, 3.05) is 0 Å². The molecule has 0 spiro atoms. The van der Waals surface area contributed by atoms with E-state index < -0.39 is 0 Å². The molecule has 2 rings (SSSR count). The molecule has 1 unspecified atom stereocenters. The first-order chi connectivity index (χ1) is 7.20. The molecular formula is C13H14O2. The highest BCUT2D eigenvalue weighted by Gasteiger charge is 2.23. The van der Waals surface area contributed by atoms with Crippen molar-refractivity contribution in [1.82, 2.24) is 0 Å². The molecule has 1 aliphatic rings. The van der Waals surface area contributed by atoms with Crippen molar-refractivity contribution < 1.29 is 9.59 Å². The lowest BCUT2D eigenvalue weighted by Crippen LogP contribution is -2.19. The third-order valence-electron chi connectivity index (χ3n) is 2.98. The van der Waals surface area contributed by atoms with Gasteiger partial charge in [-0.3, -0.25) is 9.59 Å². The molecule has 0 radical (unpaired) electrons. The standard InChI is InChI=1S/C13H14O2/c1-9-5-4-8-12(14)10-6-2-3-7-11(10)13(9)15/h2-3,6-7,9H,4-5,8H2,1H3. The van der Waals surface area contributed by atoms with E-state index in [0.717, 1.165) is 12.8 Å². The zero-order valence-electron chi connectivity index (χ0n) is 8.82. The Hall–Kier alpha value is -1.44. The summed E-state index contributed by atoms with van der Waals surface area (Å²) in [7, 11) is 0. The molecule has 0 aliphatic heterocycles. The normalized spacial score (nSPS) is 21.8. The van der Waals surface area contributed by atoms with E-state index in [-0.39, 0.29) is 17.5 Å². The smallest absolute Gasteiger partial charge is 0.166 e. The summed E-state index contributed by atoms with van der Waals surface area (Å²) in [5, 5.41) is 0. The van der Waals surface area contributed by atoms with Crippen LogP contribution in [0.5, 0.6) is 0 Å². The minimum Gasteiger partial charge on any atom is -0.294 e. The molecule has 1 aromatic carbocycles. The van der Waals surface area contributed by atoms with E-state index in [9.17, 15) is 9.59 Å². The fourth-order valence-corrected chi connectivity index (χ4v) is 2.04. The van der Waals surface area contributed by atoms with Gasteiger partial charge in [0.25, 0.3) is 0 Å². The summed E-state index contributed by atoms with van der Waals surface area (Å²) in [6, 6.07) is 7.15. The molecule has 0 aromatic heterocycles. The average Bonchev–Trinajstić information content (AvgIpc) is 2.26. The Morgan fingerprint density at radius 3 is 2.53 bits per heavy atom. The van der Waals surface area contributed by atoms with Crippen LogP contribution < -0.4 is 0 Å². The fraction of sp³-hybridized carbons (Fsp3) is 0.385. The zero-order chi connectivity index (χ0) is 10.8. The summed E-state index contributed by atoms with van der Waals surface area (Å²) >= 11 is 0. The van der Waals surface area contributed by atoms with Gasteiger partial charge in [0.15, 0.2) is 11.6 Å². The number of carbonyl (C=O) groups excluding carboxylic acids is 2. The molecule has 0 heterocycles. The monoisotopic (exact) mass is 202 g/mol. The van der Waals surface area contributed by atoms with Gasteiger partial charge in [-0.15, -0.1) is 0 Å². The number of Topliss-reactive ketones (excluding diaryl/α,β-unsaturated/α-hetero) is 2. The van der Waals surface area contributed by atoms with Crippen molar-refractivity contribution >= 4 is 11.6 Å². The maximum absolute atomic E-state index is 12.0. The van der Waals surface area contributed by atoms with Gasteiger partial charge in [-0.25, -0.2) is 0 Å². The van der Waals surface area contributed by atoms with Crippen molar-refractivity contribution in [2.45, 2.75) is 26.2 Å². The molecule has 0 saturated carbocycles. The second kappa shape index (κ2) is 3.97. The Kier molecular flexibility index (Phi) is 2.67. The highest BCUT2D eigenvalue weighted by atomic mass is 16.1. The molecule has 1 aliphatic carbocycles. The Labute approximate surface area is 89.3 Å². The largest absolute Gasteiger partial charge is 0.294 e. The van der Waals surface area contributed by atoms with Crippen molar-refractivity contribution in [3.63, 3.8) is 0 Å². The Bertz CT molecular complexity index is 407. The maximum Gasteiger partial charge on any atom is 0.166 e. The Morgan fingerprint density at radius 1 is 1.13 bits per heavy atom. The van der Waals surface area contributed by atoms with E-state index in [2.05, 4.69) is 0 Å². The van der Waals surface area contributed by atoms with E-state index >= 15 is 0 Å². The van der Waals surface area contributed by atoms with Crippen LogP contribution in [0.3, 0.4) is 0 Å². The number of rotatable bonds is 0. The lowest BCUT2D eigenvalue weighted by Gasteiger charge is -2.16. The summed E-state index contributed by atoms with van der Waals surface area (Å²) in [6.07, 6.45) is 2.20. The predicted octanol–water partition coefficient (Wildman–Crippen LogP) is 2.87. The van der Waals surface area contributed by atoms with Crippen LogP contribution in [-0.4, -0.2) is 11.6 Å². The third kappa shape index (κ3) is 1.84. The van der Waals surface area contributed by atoms with Crippen LogP contribution in [0.1, 0.15) is 46.9 Å². The van der Waals surface area contributed by atoms with Crippen LogP contribution >= 0.6 is 0 Å². The van der Waals surface area contributed by atoms with Crippen LogP contribution in [0.25, 0.3) is 0 Å². The molecule has 0 N–H and O–H groups in total. The topological polar surface area (TPSA) is 34.1 Å². The van der Waals surface area contributed by atoms with E-state index in [1.165, 1.54) is 0 Å². The number of fused-ring (bicyclic) bond motifs is 1. The van der Waals surface area contributed by atoms with Crippen molar-refractivity contribution in [1.29, 1.82) is 0 Å². The Balaban J connectivity index is 2.51. The van der Waals surface area contributed by atoms with Crippen molar-refractivity contribution in [2.24, 2.45) is 5.92 Å². The van der Waals surface area contributed by atoms with E-state index in [0.29, 0.717) is 17.5 Å². The summed E-state index contributed by atoms with van der Waals surface area (Å²) in [5.74, 6) is 0.253. The second-order valence-electron chi connectivity index (χ2n) is 4.13. The molecule has 2 heteroatoms. The van der Waals surface area contributed by atoms with Gasteiger partial charge >= 0.3 is 0 Å². The summed E-state index contributed by atoms with van der Waals surface area (Å²) in [5.41, 5.74) is 1.21. The van der Waals surface area contributed by atoms with Crippen molar-refractivity contribution in [3.05, 3.63) is 35.4 Å². The molecule has 0 amide bonds. The van der Waals surface area contributed by atoms with Gasteiger partial charge in [-0.1, -0.05) is 31.2 Å². The first kappa shape index (κ1) is 10.1. The summed E-state index contributed by atoms with van der Waals surface area (Å²) in [4.78, 5) is 23.7. The van der Waals surface area contributed by atoms with Crippen LogP contribution in [0.15, 0.2) is 24.3 Å². The molecule has 1 atom stereocenters. The maximum atomic E-state index is 12.0. The number of ketones is 2. The van der Waals surface area contributed by atoms with E-state index in [1.54, 1.807) is 12.1 Å². The summed E-state index contributed by atoms with van der Waals surface area (Å²) < 4.78 is 0. The predicted molar refractivity (Wildman–Crippen MR) is 58.1 cm³/mol. The molecule has 15 heavy (non-hydrogen) atoms. The number of carbonyl (C=O) groups is 2. The van der Waals surface area contributed by atoms with Gasteiger partial charge in [0.05, 0.1) is 0 Å². The lowest BCUT2D eigenvalue weighted by molar-refractivity contribution is 0.0887. The van der Waals surface area contributed by atoms with Crippen molar-refractivity contribution in [3.8, 4) is 0 Å². The zero-order valence-corrected chi connectivity index (χ0v) is 8.82. The molecule has 0 bridgehead atoms. The number of hydrogen-bond acceptors (Lipinski definition) is 2. The first-order valence-corrected chi connectivity index (χ1v) is 5.36. The van der Waals surface area contributed by atoms with Gasteiger partial charge in [0.1, 0.15) is 0 Å². The molecule has 2 nitrogen and oxygen atoms in total. The quantitative estimate of drug-likeness (QED) is 0.648. The number of benzene rings is 1. The van der Waals surface area contributed by atoms with E-state index in [1.807, 2.05) is 19.1 Å². The second-order valence-corrected chi connectivity index (χ2v) is 4.13. The van der Waals surface area contributed by atoms with Crippen LogP contribution in [0, 0.1) is 5.92 Å². The van der Waals surface area contributed by atoms with E-state index in [4.69, 9.17) is 0 Å². The third-order valence-corrected chi connectivity index (χ3v) is 2.98. The minimum atomic E-state index is 0.0410. The fourth-order valence-electron chi connectivity index (χ4n) is 2.04. The molecule has 1 aromatic rings. The minimum absolute atomic E-state index is 0.0410. The van der Waals surface area contributed by atoms with Gasteiger partial charge in [-0.2, -0.15) is 0 Å². The molecule has 0 fully saturated rings. The average molecular weight is 202 g/mol. The van der Waals surface area contributed by atoms with Crippen LogP contribution in [-0.2, 0) is 0 Å². The SMILES string of the molecule is CC1CCCC(=O)c2ccccc2C1=O. The Morgan fingerprint density at radius 2 is 1.80 bits per heavy atom. The highest BCUT2D eigenvalue weighted by Crippen LogP contribution is 2.23.